The molecule has 2 amide bonds. The molecule has 39 heavy (non-hydrogen) atoms. The van der Waals surface area contributed by atoms with Crippen molar-refractivity contribution in [2.75, 3.05) is 78.3 Å². The highest BCUT2D eigenvalue weighted by Crippen LogP contribution is 2.20. The average molecular weight is 567 g/mol. The minimum Gasteiger partial charge on any atom is -0.490 e. The minimum absolute atomic E-state index is 0.0680. The van der Waals surface area contributed by atoms with Crippen molar-refractivity contribution in [2.24, 2.45) is 5.92 Å². The Morgan fingerprint density at radius 1 is 1.05 bits per heavy atom. The van der Waals surface area contributed by atoms with Gasteiger partial charge in [0.05, 0.1) is 46.1 Å². The second kappa shape index (κ2) is 23.2. The smallest absolute Gasteiger partial charge is 0.246 e. The van der Waals surface area contributed by atoms with E-state index in [-0.39, 0.29) is 44.7 Å². The summed E-state index contributed by atoms with van der Waals surface area (Å²) in [5.41, 5.74) is 0.0379. The average Bonchev–Trinajstić information content (AvgIpc) is 2.91. The van der Waals surface area contributed by atoms with Crippen LogP contribution in [0.3, 0.4) is 0 Å². The normalized spacial score (nSPS) is 11.9. The van der Waals surface area contributed by atoms with E-state index in [0.717, 1.165) is 18.3 Å². The van der Waals surface area contributed by atoms with Crippen LogP contribution >= 0.6 is 11.8 Å². The Balaban J connectivity index is 2.27. The summed E-state index contributed by atoms with van der Waals surface area (Å²) in [5.74, 6) is 0.572. The maximum absolute atomic E-state index is 12.2. The van der Waals surface area contributed by atoms with E-state index in [0.29, 0.717) is 50.3 Å². The molecule has 0 fully saturated rings. The number of carbonyl (C=O) groups is 2. The summed E-state index contributed by atoms with van der Waals surface area (Å²) in [4.78, 5) is 23.9. The Morgan fingerprint density at radius 2 is 1.82 bits per heavy atom. The van der Waals surface area contributed by atoms with Crippen LogP contribution in [0.25, 0.3) is 0 Å². The van der Waals surface area contributed by atoms with E-state index in [1.165, 1.54) is 0 Å². The lowest BCUT2D eigenvalue weighted by atomic mass is 10.2. The number of thiocyanates is 1. The zero-order chi connectivity index (χ0) is 28.6. The number of anilines is 1. The number of amides is 2. The first kappa shape index (κ1) is 34.4. The Labute approximate surface area is 235 Å². The van der Waals surface area contributed by atoms with Crippen LogP contribution in [0.5, 0.6) is 5.75 Å². The summed E-state index contributed by atoms with van der Waals surface area (Å²) >= 11 is 0.929. The van der Waals surface area contributed by atoms with E-state index in [9.17, 15) is 9.59 Å². The van der Waals surface area contributed by atoms with E-state index < -0.39 is 5.44 Å². The molecule has 1 atom stereocenters. The summed E-state index contributed by atoms with van der Waals surface area (Å²) in [6.07, 6.45) is 4.13. The highest BCUT2D eigenvalue weighted by molar-refractivity contribution is 8.04. The van der Waals surface area contributed by atoms with Crippen molar-refractivity contribution in [2.45, 2.75) is 25.7 Å². The van der Waals surface area contributed by atoms with Gasteiger partial charge in [-0.25, -0.2) is 0 Å². The van der Waals surface area contributed by atoms with Gasteiger partial charge in [0.15, 0.2) is 5.44 Å². The van der Waals surface area contributed by atoms with E-state index in [1.807, 2.05) is 24.6 Å². The van der Waals surface area contributed by atoms with Crippen molar-refractivity contribution in [1.82, 2.24) is 10.6 Å². The number of ether oxygens (including phenoxy) is 5. The molecule has 11 nitrogen and oxygen atoms in total. The fourth-order valence-corrected chi connectivity index (χ4v) is 3.27. The van der Waals surface area contributed by atoms with Crippen LogP contribution in [0.2, 0.25) is 0 Å². The molecule has 0 saturated carbocycles. The molecule has 0 aliphatic heterocycles. The molecule has 12 heteroatoms. The summed E-state index contributed by atoms with van der Waals surface area (Å²) in [7, 11) is 1.86. The molecule has 0 aromatic heterocycles. The monoisotopic (exact) mass is 566 g/mol. The lowest BCUT2D eigenvalue weighted by molar-refractivity contribution is -0.126. The van der Waals surface area contributed by atoms with E-state index in [1.54, 1.807) is 24.3 Å². The Bertz CT molecular complexity index is 880. The van der Waals surface area contributed by atoms with Crippen LogP contribution in [0, 0.1) is 16.6 Å². The second-order valence-corrected chi connectivity index (χ2v) is 9.45. The topological polar surface area (TPSA) is 140 Å². The molecular formula is C27H42N4O7S. The number of nitrogens with one attached hydrogen (secondary N) is 3. The summed E-state index contributed by atoms with van der Waals surface area (Å²) in [5, 5.41) is 19.6. The van der Waals surface area contributed by atoms with Gasteiger partial charge in [0.1, 0.15) is 24.4 Å². The third kappa shape index (κ3) is 20.0. The first-order chi connectivity index (χ1) is 18.9. The molecule has 0 unspecified atom stereocenters. The fourth-order valence-electron chi connectivity index (χ4n) is 2.85. The minimum atomic E-state index is -0.550. The van der Waals surface area contributed by atoms with E-state index >= 15 is 0 Å². The predicted molar refractivity (Wildman–Crippen MR) is 151 cm³/mol. The molecule has 0 spiro atoms. The van der Waals surface area contributed by atoms with Crippen LogP contribution in [0.15, 0.2) is 36.4 Å². The largest absolute Gasteiger partial charge is 0.490 e. The van der Waals surface area contributed by atoms with Gasteiger partial charge in [0, 0.05) is 24.8 Å². The summed E-state index contributed by atoms with van der Waals surface area (Å²) in [6.45, 7) is 7.64. The first-order valence-electron chi connectivity index (χ1n) is 12.9. The third-order valence-corrected chi connectivity index (χ3v) is 5.37. The molecule has 1 aromatic carbocycles. The molecule has 1 aromatic rings. The molecule has 0 radical (unpaired) electrons. The lowest BCUT2D eigenvalue weighted by Gasteiger charge is -2.16. The van der Waals surface area contributed by atoms with E-state index in [2.05, 4.69) is 29.8 Å². The second-order valence-electron chi connectivity index (χ2n) is 8.50. The zero-order valence-electron chi connectivity index (χ0n) is 23.1. The van der Waals surface area contributed by atoms with Gasteiger partial charge in [0.25, 0.3) is 0 Å². The lowest BCUT2D eigenvalue weighted by Crippen LogP contribution is -2.28. The van der Waals surface area contributed by atoms with Gasteiger partial charge in [-0.3, -0.25) is 9.59 Å². The highest BCUT2D eigenvalue weighted by atomic mass is 32.2. The van der Waals surface area contributed by atoms with Crippen molar-refractivity contribution in [3.63, 3.8) is 0 Å². The van der Waals surface area contributed by atoms with Crippen molar-refractivity contribution in [3.8, 4) is 11.2 Å². The van der Waals surface area contributed by atoms with Gasteiger partial charge in [-0.1, -0.05) is 32.1 Å². The first-order valence-corrected chi connectivity index (χ1v) is 13.8. The van der Waals surface area contributed by atoms with Gasteiger partial charge in [-0.15, -0.1) is 0 Å². The van der Waals surface area contributed by atoms with Crippen molar-refractivity contribution in [3.05, 3.63) is 36.4 Å². The van der Waals surface area contributed by atoms with E-state index in [4.69, 9.17) is 28.9 Å². The number of hydrogen-bond donors (Lipinski definition) is 3. The van der Waals surface area contributed by atoms with Crippen LogP contribution in [-0.2, 0) is 28.5 Å². The van der Waals surface area contributed by atoms with Gasteiger partial charge >= 0.3 is 0 Å². The number of likely N-dealkylation sites (N-methyl/N-ethyl adjacent to an activating group) is 1. The number of thioether (sulfide) groups is 1. The third-order valence-electron chi connectivity index (χ3n) is 4.73. The molecule has 3 N–H and O–H groups in total. The number of rotatable bonds is 23. The molecular weight excluding hydrogens is 524 g/mol. The number of nitriles is 1. The highest BCUT2D eigenvalue weighted by Gasteiger charge is 2.12. The van der Waals surface area contributed by atoms with Crippen LogP contribution in [-0.4, -0.2) is 90.2 Å². The zero-order valence-corrected chi connectivity index (χ0v) is 23.9. The SMILES string of the molecule is CNCCOCCOCCC(=O)Nc1cccc(OC[C@@H](OCCOCC(=O)NC/C=C/C(C)C)SC#N)c1. The van der Waals surface area contributed by atoms with Crippen LogP contribution in [0.1, 0.15) is 20.3 Å². The summed E-state index contributed by atoms with van der Waals surface area (Å²) in [6, 6.07) is 6.96. The molecule has 218 valence electrons. The Morgan fingerprint density at radius 3 is 2.56 bits per heavy atom. The van der Waals surface area contributed by atoms with Gasteiger partial charge in [-0.2, -0.15) is 5.26 Å². The van der Waals surface area contributed by atoms with Crippen molar-refractivity contribution >= 4 is 29.3 Å². The van der Waals surface area contributed by atoms with Gasteiger partial charge in [0.2, 0.25) is 11.8 Å². The quantitative estimate of drug-likeness (QED) is 0.0783. The molecule has 1 rings (SSSR count). The summed E-state index contributed by atoms with van der Waals surface area (Å²) < 4.78 is 27.5. The molecule has 0 saturated heterocycles. The molecule has 0 aliphatic rings. The van der Waals surface area contributed by atoms with Gasteiger partial charge < -0.3 is 39.6 Å². The Kier molecular flexibility index (Phi) is 20.5. The van der Waals surface area contributed by atoms with Crippen molar-refractivity contribution < 1.29 is 33.3 Å². The fraction of sp³-hybridized carbons (Fsp3) is 0.593. The van der Waals surface area contributed by atoms with Crippen molar-refractivity contribution in [1.29, 1.82) is 5.26 Å². The number of carbonyl (C=O) groups excluding carboxylic acids is 2. The number of nitrogens with zero attached hydrogens (tertiary/aromatic N) is 1. The maximum Gasteiger partial charge on any atom is 0.246 e. The Hall–Kier alpha value is -2.66. The predicted octanol–water partition coefficient (Wildman–Crippen LogP) is 2.55. The number of allylic oxidation sites excluding steroid dienone is 1. The molecule has 0 bridgehead atoms. The number of benzene rings is 1. The standard InChI is InChI=1S/C27H42N4O7S/c1-22(2)6-5-10-30-26(33)19-36-16-17-37-27(39-21-28)20-38-24-8-4-7-23(18-24)31-25(32)9-12-34-14-15-35-13-11-29-3/h4-8,18,22,27,29H,9-17,19-20H2,1-3H3,(H,30,33)(H,31,32)/b6-5+/t27-/m0/s1. The maximum atomic E-state index is 12.2. The molecule has 0 heterocycles. The van der Waals surface area contributed by atoms with Gasteiger partial charge in [-0.05, 0) is 36.9 Å². The van der Waals surface area contributed by atoms with Crippen LogP contribution in [0.4, 0.5) is 5.69 Å². The molecule has 0 aliphatic carbocycles. The number of hydrogen-bond acceptors (Lipinski definition) is 10. The van der Waals surface area contributed by atoms with Crippen LogP contribution < -0.4 is 20.7 Å².